The summed E-state index contributed by atoms with van der Waals surface area (Å²) in [6.07, 6.45) is 3.41. The van der Waals surface area contributed by atoms with E-state index in [1.807, 2.05) is 0 Å². The summed E-state index contributed by atoms with van der Waals surface area (Å²) >= 11 is 0. The van der Waals surface area contributed by atoms with E-state index in [2.05, 4.69) is 5.32 Å². The summed E-state index contributed by atoms with van der Waals surface area (Å²) in [5, 5.41) is 2.24. The Bertz CT molecular complexity index is 730. The third-order valence-electron chi connectivity index (χ3n) is 4.07. The number of carbonyl (C=O) groups excluding carboxylic acids is 3. The van der Waals surface area contributed by atoms with Gasteiger partial charge in [-0.15, -0.1) is 0 Å². The Labute approximate surface area is 157 Å². The van der Waals surface area contributed by atoms with Gasteiger partial charge in [-0.3, -0.25) is 19.7 Å². The van der Waals surface area contributed by atoms with Crippen molar-refractivity contribution in [1.82, 2.24) is 14.8 Å². The van der Waals surface area contributed by atoms with Crippen LogP contribution in [0.15, 0.2) is 23.1 Å². The molecule has 1 aliphatic rings. The minimum absolute atomic E-state index is 0.162. The van der Waals surface area contributed by atoms with E-state index in [-0.39, 0.29) is 30.4 Å². The number of nitrogens with one attached hydrogen (secondary N) is 1. The molecule has 0 unspecified atom stereocenters. The molecule has 1 saturated heterocycles. The van der Waals surface area contributed by atoms with Gasteiger partial charge in [-0.1, -0.05) is 6.07 Å². The summed E-state index contributed by atoms with van der Waals surface area (Å²) < 4.78 is 11.9. The number of nitrogens with zero attached hydrogens (tertiary/aromatic N) is 2. The Balaban J connectivity index is 1.76. The molecule has 148 valence electrons. The minimum atomic E-state index is -0.474. The highest BCUT2D eigenvalue weighted by molar-refractivity contribution is 5.96. The first-order chi connectivity index (χ1) is 13.0. The van der Waals surface area contributed by atoms with Crippen molar-refractivity contribution in [2.24, 2.45) is 0 Å². The molecular weight excluding hydrogens is 354 g/mol. The van der Waals surface area contributed by atoms with Crippen molar-refractivity contribution < 1.29 is 23.9 Å². The van der Waals surface area contributed by atoms with Crippen LogP contribution < -0.4 is 10.9 Å². The molecule has 2 heterocycles. The third-order valence-corrected chi connectivity index (χ3v) is 4.07. The molecule has 0 bridgehead atoms. The van der Waals surface area contributed by atoms with Crippen LogP contribution >= 0.6 is 0 Å². The highest BCUT2D eigenvalue weighted by Gasteiger charge is 2.23. The number of imide groups is 1. The molecule has 0 spiro atoms. The van der Waals surface area contributed by atoms with Gasteiger partial charge in [-0.2, -0.15) is 0 Å². The Kier molecular flexibility index (Phi) is 8.00. The van der Waals surface area contributed by atoms with Gasteiger partial charge in [0.25, 0.3) is 5.56 Å². The van der Waals surface area contributed by atoms with Gasteiger partial charge >= 0.3 is 12.0 Å². The third kappa shape index (κ3) is 6.86. The van der Waals surface area contributed by atoms with Gasteiger partial charge in [-0.05, 0) is 18.9 Å². The van der Waals surface area contributed by atoms with Crippen molar-refractivity contribution >= 4 is 17.9 Å². The molecular formula is C18H25N3O6. The Morgan fingerprint density at radius 1 is 1.19 bits per heavy atom. The van der Waals surface area contributed by atoms with Crippen LogP contribution in [0.1, 0.15) is 31.7 Å². The fraction of sp³-hybridized carbons (Fsp3) is 0.556. The fourth-order valence-electron chi connectivity index (χ4n) is 2.63. The number of hydrogen-bond donors (Lipinski definition) is 1. The molecule has 1 aromatic heterocycles. The number of rotatable bonds is 10. The summed E-state index contributed by atoms with van der Waals surface area (Å²) in [5.74, 6) is -0.587. The van der Waals surface area contributed by atoms with Crippen molar-refractivity contribution in [1.29, 1.82) is 0 Å². The van der Waals surface area contributed by atoms with E-state index in [0.717, 1.165) is 12.8 Å². The van der Waals surface area contributed by atoms with Crippen molar-refractivity contribution in [3.8, 4) is 0 Å². The number of ether oxygens (including phenoxy) is 2. The fourth-order valence-corrected chi connectivity index (χ4v) is 2.63. The van der Waals surface area contributed by atoms with Crippen LogP contribution in [0.2, 0.25) is 0 Å². The first-order valence-electron chi connectivity index (χ1n) is 8.95. The second-order valence-corrected chi connectivity index (χ2v) is 6.22. The zero-order chi connectivity index (χ0) is 19.6. The predicted molar refractivity (Wildman–Crippen MR) is 96.0 cm³/mol. The number of unbranched alkanes of at least 4 members (excludes halogenated alkanes) is 1. The van der Waals surface area contributed by atoms with Gasteiger partial charge in [-0.25, -0.2) is 4.79 Å². The average Bonchev–Trinajstić information content (AvgIpc) is 2.62. The summed E-state index contributed by atoms with van der Waals surface area (Å²) in [4.78, 5) is 47.6. The lowest BCUT2D eigenvalue weighted by atomic mass is 10.2. The van der Waals surface area contributed by atoms with Crippen LogP contribution in [0.25, 0.3) is 0 Å². The lowest BCUT2D eigenvalue weighted by Crippen LogP contribution is -2.49. The number of esters is 1. The van der Waals surface area contributed by atoms with Crippen molar-refractivity contribution in [2.45, 2.75) is 39.3 Å². The van der Waals surface area contributed by atoms with Crippen LogP contribution in [-0.2, 0) is 32.2 Å². The highest BCUT2D eigenvalue weighted by Crippen LogP contribution is 2.05. The largest absolute Gasteiger partial charge is 0.466 e. The van der Waals surface area contributed by atoms with E-state index in [1.54, 1.807) is 22.9 Å². The molecule has 1 N–H and O–H groups in total. The number of pyridine rings is 1. The molecule has 0 saturated carbocycles. The zero-order valence-electron chi connectivity index (χ0n) is 15.4. The quantitative estimate of drug-likeness (QED) is 0.472. The maximum Gasteiger partial charge on any atom is 0.324 e. The van der Waals surface area contributed by atoms with E-state index in [4.69, 9.17) is 9.47 Å². The number of aromatic nitrogens is 1. The molecule has 0 radical (unpaired) electrons. The predicted octanol–water partition coefficient (Wildman–Crippen LogP) is 0.650. The molecule has 2 rings (SSSR count). The number of amides is 3. The molecule has 1 aliphatic heterocycles. The van der Waals surface area contributed by atoms with Crippen LogP contribution in [0.5, 0.6) is 0 Å². The summed E-state index contributed by atoms with van der Waals surface area (Å²) in [6.45, 7) is 3.54. The summed E-state index contributed by atoms with van der Waals surface area (Å²) in [7, 11) is 0. The molecule has 9 nitrogen and oxygen atoms in total. The molecule has 1 fully saturated rings. The Morgan fingerprint density at radius 2 is 1.96 bits per heavy atom. The number of carbonyl (C=O) groups is 3. The second kappa shape index (κ2) is 10.5. The van der Waals surface area contributed by atoms with Gasteiger partial charge < -0.3 is 18.9 Å². The summed E-state index contributed by atoms with van der Waals surface area (Å²) in [5.41, 5.74) is 0.309. The molecule has 0 aromatic carbocycles. The molecule has 0 atom stereocenters. The highest BCUT2D eigenvalue weighted by atomic mass is 16.5. The maximum atomic E-state index is 12.5. The van der Waals surface area contributed by atoms with Crippen LogP contribution in [0.3, 0.4) is 0 Å². The molecule has 27 heavy (non-hydrogen) atoms. The number of hydrogen-bond acceptors (Lipinski definition) is 6. The SMILES string of the molecule is CC(=O)OCCCCOCCn1cccc(CN2CCC(=O)NC2=O)c1=O. The monoisotopic (exact) mass is 379 g/mol. The van der Waals surface area contributed by atoms with E-state index in [1.165, 1.54) is 11.8 Å². The first kappa shape index (κ1) is 20.6. The molecule has 0 aliphatic carbocycles. The molecule has 1 aromatic rings. The van der Waals surface area contributed by atoms with Gasteiger partial charge in [0.15, 0.2) is 0 Å². The van der Waals surface area contributed by atoms with E-state index >= 15 is 0 Å². The van der Waals surface area contributed by atoms with Gasteiger partial charge in [0.1, 0.15) is 0 Å². The lowest BCUT2D eigenvalue weighted by Gasteiger charge is -2.26. The lowest BCUT2D eigenvalue weighted by molar-refractivity contribution is -0.141. The summed E-state index contributed by atoms with van der Waals surface area (Å²) in [6, 6.07) is 2.96. The van der Waals surface area contributed by atoms with Gasteiger partial charge in [0, 0.05) is 44.8 Å². The van der Waals surface area contributed by atoms with E-state index < -0.39 is 6.03 Å². The van der Waals surface area contributed by atoms with Gasteiger partial charge in [0.2, 0.25) is 5.91 Å². The van der Waals surface area contributed by atoms with E-state index in [9.17, 15) is 19.2 Å². The standard InChI is InChI=1S/C18H25N3O6/c1-14(22)27-11-3-2-10-26-12-9-20-7-4-5-15(17(20)24)13-21-8-6-16(23)19-18(21)25/h4-5,7H,2-3,6,8-13H2,1H3,(H,19,23,25). The minimum Gasteiger partial charge on any atom is -0.466 e. The van der Waals surface area contributed by atoms with Crippen molar-refractivity contribution in [3.05, 3.63) is 34.2 Å². The van der Waals surface area contributed by atoms with Gasteiger partial charge in [0.05, 0.1) is 19.8 Å². The van der Waals surface area contributed by atoms with Crippen molar-refractivity contribution in [3.63, 3.8) is 0 Å². The Hall–Kier alpha value is -2.68. The Morgan fingerprint density at radius 3 is 2.70 bits per heavy atom. The maximum absolute atomic E-state index is 12.5. The second-order valence-electron chi connectivity index (χ2n) is 6.22. The zero-order valence-corrected chi connectivity index (χ0v) is 15.4. The normalized spacial score (nSPS) is 14.2. The average molecular weight is 379 g/mol. The van der Waals surface area contributed by atoms with Crippen molar-refractivity contribution in [2.75, 3.05) is 26.4 Å². The number of urea groups is 1. The smallest absolute Gasteiger partial charge is 0.324 e. The topological polar surface area (TPSA) is 107 Å². The van der Waals surface area contributed by atoms with Crippen LogP contribution in [0, 0.1) is 0 Å². The van der Waals surface area contributed by atoms with Crippen LogP contribution in [-0.4, -0.2) is 53.7 Å². The first-order valence-corrected chi connectivity index (χ1v) is 8.95. The van der Waals surface area contributed by atoms with E-state index in [0.29, 0.717) is 38.5 Å². The molecule has 9 heteroatoms. The molecule has 3 amide bonds. The van der Waals surface area contributed by atoms with Crippen LogP contribution in [0.4, 0.5) is 4.79 Å².